The highest BCUT2D eigenvalue weighted by molar-refractivity contribution is 6.17. The van der Waals surface area contributed by atoms with Gasteiger partial charge in [0.2, 0.25) is 11.8 Å². The highest BCUT2D eigenvalue weighted by Gasteiger charge is 2.56. The number of rotatable bonds is 4. The first-order valence-corrected chi connectivity index (χ1v) is 8.66. The molecule has 1 saturated carbocycles. The molecule has 26 heavy (non-hydrogen) atoms. The van der Waals surface area contributed by atoms with E-state index in [0.717, 1.165) is 5.56 Å². The van der Waals surface area contributed by atoms with Gasteiger partial charge in [0, 0.05) is 17.4 Å². The smallest absolute Gasteiger partial charge is 0.240 e. The van der Waals surface area contributed by atoms with Crippen LogP contribution < -0.4 is 20.1 Å². The Labute approximate surface area is 151 Å². The van der Waals surface area contributed by atoms with Gasteiger partial charge >= 0.3 is 0 Å². The SMILES string of the molecule is Cc1cccc(NC(=O)C2(C(=O)Nc3ccc4c(c3)OCCO4)CC2)c1. The second kappa shape index (κ2) is 6.37. The van der Waals surface area contributed by atoms with E-state index >= 15 is 0 Å². The minimum absolute atomic E-state index is 0.266. The number of hydrogen-bond acceptors (Lipinski definition) is 4. The number of carbonyl (C=O) groups is 2. The first kappa shape index (κ1) is 16.4. The minimum Gasteiger partial charge on any atom is -0.486 e. The molecule has 2 aromatic carbocycles. The first-order valence-electron chi connectivity index (χ1n) is 8.66. The minimum atomic E-state index is -1.00. The molecule has 4 rings (SSSR count). The molecular weight excluding hydrogens is 332 g/mol. The molecule has 1 heterocycles. The number of carbonyl (C=O) groups excluding carboxylic acids is 2. The van der Waals surface area contributed by atoms with Crippen LogP contribution in [-0.4, -0.2) is 25.0 Å². The third kappa shape index (κ3) is 3.10. The van der Waals surface area contributed by atoms with Crippen LogP contribution in [0.3, 0.4) is 0 Å². The molecule has 0 radical (unpaired) electrons. The topological polar surface area (TPSA) is 76.7 Å². The summed E-state index contributed by atoms with van der Waals surface area (Å²) in [4.78, 5) is 25.4. The molecule has 0 atom stereocenters. The number of fused-ring (bicyclic) bond motifs is 1. The van der Waals surface area contributed by atoms with Crippen LogP contribution in [0.2, 0.25) is 0 Å². The Bertz CT molecular complexity index is 874. The van der Waals surface area contributed by atoms with E-state index in [1.807, 2.05) is 31.2 Å². The van der Waals surface area contributed by atoms with Gasteiger partial charge in [-0.05, 0) is 49.6 Å². The summed E-state index contributed by atoms with van der Waals surface area (Å²) in [7, 11) is 0. The van der Waals surface area contributed by atoms with Crippen LogP contribution in [0, 0.1) is 12.3 Å². The number of ether oxygens (including phenoxy) is 2. The molecule has 2 aliphatic rings. The van der Waals surface area contributed by atoms with Crippen molar-refractivity contribution in [2.45, 2.75) is 19.8 Å². The van der Waals surface area contributed by atoms with E-state index in [-0.39, 0.29) is 11.8 Å². The first-order chi connectivity index (χ1) is 12.6. The largest absolute Gasteiger partial charge is 0.486 e. The van der Waals surface area contributed by atoms with Crippen molar-refractivity contribution >= 4 is 23.2 Å². The van der Waals surface area contributed by atoms with Crippen molar-refractivity contribution in [2.75, 3.05) is 23.8 Å². The zero-order valence-electron chi connectivity index (χ0n) is 14.5. The summed E-state index contributed by atoms with van der Waals surface area (Å²) in [6.45, 7) is 2.95. The van der Waals surface area contributed by atoms with Crippen molar-refractivity contribution in [2.24, 2.45) is 5.41 Å². The maximum atomic E-state index is 12.7. The fourth-order valence-electron chi connectivity index (χ4n) is 3.03. The molecular formula is C20H20N2O4. The molecule has 1 aliphatic carbocycles. The van der Waals surface area contributed by atoms with Gasteiger partial charge in [0.25, 0.3) is 0 Å². The van der Waals surface area contributed by atoms with Gasteiger partial charge in [-0.15, -0.1) is 0 Å². The van der Waals surface area contributed by atoms with Crippen molar-refractivity contribution in [3.05, 3.63) is 48.0 Å². The van der Waals surface area contributed by atoms with Crippen LogP contribution >= 0.6 is 0 Å². The number of nitrogens with one attached hydrogen (secondary N) is 2. The fraction of sp³-hybridized carbons (Fsp3) is 0.300. The van der Waals surface area contributed by atoms with E-state index < -0.39 is 5.41 Å². The van der Waals surface area contributed by atoms with Crippen LogP contribution in [-0.2, 0) is 9.59 Å². The lowest BCUT2D eigenvalue weighted by Crippen LogP contribution is -2.35. The number of anilines is 2. The zero-order valence-corrected chi connectivity index (χ0v) is 14.5. The molecule has 134 valence electrons. The third-order valence-electron chi connectivity index (χ3n) is 4.70. The van der Waals surface area contributed by atoms with E-state index in [4.69, 9.17) is 9.47 Å². The standard InChI is InChI=1S/C20H20N2O4/c1-13-3-2-4-14(11-13)21-18(23)20(7-8-20)19(24)22-15-5-6-16-17(12-15)26-10-9-25-16/h2-6,11-12H,7-10H2,1H3,(H,21,23)(H,22,24). The average molecular weight is 352 g/mol. The van der Waals surface area contributed by atoms with Crippen molar-refractivity contribution in [3.8, 4) is 11.5 Å². The van der Waals surface area contributed by atoms with Crippen LogP contribution in [0.5, 0.6) is 11.5 Å². The second-order valence-electron chi connectivity index (χ2n) is 6.72. The Morgan fingerprint density at radius 3 is 2.19 bits per heavy atom. The third-order valence-corrected chi connectivity index (χ3v) is 4.70. The summed E-state index contributed by atoms with van der Waals surface area (Å²) in [6, 6.07) is 12.8. The Balaban J connectivity index is 1.46. The Kier molecular flexibility index (Phi) is 4.03. The van der Waals surface area contributed by atoms with Gasteiger partial charge in [-0.25, -0.2) is 0 Å². The van der Waals surface area contributed by atoms with Crippen LogP contribution in [0.1, 0.15) is 18.4 Å². The molecule has 0 unspecified atom stereocenters. The van der Waals surface area contributed by atoms with Crippen LogP contribution in [0.15, 0.2) is 42.5 Å². The fourth-order valence-corrected chi connectivity index (χ4v) is 3.03. The van der Waals surface area contributed by atoms with Crippen LogP contribution in [0.25, 0.3) is 0 Å². The number of hydrogen-bond donors (Lipinski definition) is 2. The van der Waals surface area contributed by atoms with E-state index in [2.05, 4.69) is 10.6 Å². The lowest BCUT2D eigenvalue weighted by molar-refractivity contribution is -0.131. The van der Waals surface area contributed by atoms with E-state index in [1.54, 1.807) is 18.2 Å². The summed E-state index contributed by atoms with van der Waals surface area (Å²) < 4.78 is 11.0. The maximum Gasteiger partial charge on any atom is 0.240 e. The maximum absolute atomic E-state index is 12.7. The molecule has 6 nitrogen and oxygen atoms in total. The summed E-state index contributed by atoms with van der Waals surface area (Å²) >= 11 is 0. The predicted molar refractivity (Wildman–Crippen MR) is 97.5 cm³/mol. The lowest BCUT2D eigenvalue weighted by atomic mass is 10.0. The normalized spacial score (nSPS) is 16.5. The molecule has 0 aromatic heterocycles. The number of benzene rings is 2. The highest BCUT2D eigenvalue weighted by Crippen LogP contribution is 2.47. The lowest BCUT2D eigenvalue weighted by Gasteiger charge is -2.20. The van der Waals surface area contributed by atoms with Crippen molar-refractivity contribution in [1.82, 2.24) is 0 Å². The monoisotopic (exact) mass is 352 g/mol. The molecule has 2 N–H and O–H groups in total. The number of aryl methyl sites for hydroxylation is 1. The molecule has 2 aromatic rings. The van der Waals surface area contributed by atoms with Gasteiger partial charge < -0.3 is 20.1 Å². The molecule has 0 bridgehead atoms. The predicted octanol–water partition coefficient (Wildman–Crippen LogP) is 3.12. The van der Waals surface area contributed by atoms with Crippen molar-refractivity contribution < 1.29 is 19.1 Å². The van der Waals surface area contributed by atoms with Gasteiger partial charge in [0.1, 0.15) is 18.6 Å². The molecule has 1 aliphatic heterocycles. The highest BCUT2D eigenvalue weighted by atomic mass is 16.6. The zero-order chi connectivity index (χ0) is 18.1. The molecule has 0 spiro atoms. The van der Waals surface area contributed by atoms with Crippen molar-refractivity contribution in [3.63, 3.8) is 0 Å². The number of amides is 2. The molecule has 0 saturated heterocycles. The van der Waals surface area contributed by atoms with E-state index in [0.29, 0.717) is 48.9 Å². The molecule has 1 fully saturated rings. The molecule has 6 heteroatoms. The molecule has 2 amide bonds. The van der Waals surface area contributed by atoms with E-state index in [1.165, 1.54) is 0 Å². The summed E-state index contributed by atoms with van der Waals surface area (Å²) in [5.74, 6) is 0.702. The van der Waals surface area contributed by atoms with Gasteiger partial charge in [-0.2, -0.15) is 0 Å². The Morgan fingerprint density at radius 1 is 0.885 bits per heavy atom. The summed E-state index contributed by atoms with van der Waals surface area (Å²) in [5.41, 5.74) is 1.34. The Hall–Kier alpha value is -3.02. The Morgan fingerprint density at radius 2 is 1.54 bits per heavy atom. The summed E-state index contributed by atoms with van der Waals surface area (Å²) in [5, 5.41) is 5.70. The van der Waals surface area contributed by atoms with Crippen LogP contribution in [0.4, 0.5) is 11.4 Å². The average Bonchev–Trinajstić information content (AvgIpc) is 3.44. The van der Waals surface area contributed by atoms with Gasteiger partial charge in [0.05, 0.1) is 0 Å². The van der Waals surface area contributed by atoms with E-state index in [9.17, 15) is 9.59 Å². The van der Waals surface area contributed by atoms with Gasteiger partial charge in [-0.3, -0.25) is 9.59 Å². The van der Waals surface area contributed by atoms with Gasteiger partial charge in [-0.1, -0.05) is 12.1 Å². The summed E-state index contributed by atoms with van der Waals surface area (Å²) in [6.07, 6.45) is 1.09. The van der Waals surface area contributed by atoms with Crippen molar-refractivity contribution in [1.29, 1.82) is 0 Å². The van der Waals surface area contributed by atoms with Gasteiger partial charge in [0.15, 0.2) is 11.5 Å². The second-order valence-corrected chi connectivity index (χ2v) is 6.72. The quantitative estimate of drug-likeness (QED) is 0.829.